The average molecular weight is 512 g/mol. The Morgan fingerprint density at radius 3 is 2.54 bits per heavy atom. The predicted molar refractivity (Wildman–Crippen MR) is 128 cm³/mol. The third-order valence-electron chi connectivity index (χ3n) is 8.26. The number of aryl methyl sites for hydroxylation is 1. The summed E-state index contributed by atoms with van der Waals surface area (Å²) in [7, 11) is 0. The monoisotopic (exact) mass is 511 g/mol. The first-order valence-corrected chi connectivity index (χ1v) is 12.0. The number of halogens is 3. The molecule has 2 N–H and O–H groups in total. The van der Waals surface area contributed by atoms with Gasteiger partial charge in [0, 0.05) is 23.5 Å². The van der Waals surface area contributed by atoms with Gasteiger partial charge in [-0.2, -0.15) is 13.2 Å². The van der Waals surface area contributed by atoms with Crippen LogP contribution in [0.3, 0.4) is 0 Å². The molecule has 0 unspecified atom stereocenters. The highest BCUT2D eigenvalue weighted by Crippen LogP contribution is 2.61. The number of anilines is 1. The summed E-state index contributed by atoms with van der Waals surface area (Å²) in [5.41, 5.74) is -2.04. The molecule has 0 saturated carbocycles. The van der Waals surface area contributed by atoms with E-state index in [0.29, 0.717) is 5.56 Å². The number of aromatic nitrogens is 1. The Kier molecular flexibility index (Phi) is 4.77. The smallest absolute Gasteiger partial charge is 0.365 e. The van der Waals surface area contributed by atoms with E-state index in [1.54, 1.807) is 20.0 Å². The summed E-state index contributed by atoms with van der Waals surface area (Å²) in [4.78, 5) is 44.3. The summed E-state index contributed by atoms with van der Waals surface area (Å²) < 4.78 is 46.9. The molecule has 3 aromatic rings. The van der Waals surface area contributed by atoms with Crippen LogP contribution in [0.15, 0.2) is 48.7 Å². The van der Waals surface area contributed by atoms with Gasteiger partial charge in [-0.25, -0.2) is 4.90 Å². The minimum atomic E-state index is -4.63. The van der Waals surface area contributed by atoms with E-state index in [-0.39, 0.29) is 23.6 Å². The standard InChI is InChI=1S/C27H24F3N3O4/c1-13-8-9-14(10-17(13)27(28,29)30)33-23(35)20-21(24(33)36)26(3)19(11-25(20,2)37-26)32-22(34)16-12-31-18-7-5-4-6-15(16)18/h4-10,12,19-21,31H,11H2,1-3H3,(H,32,34)/t19-,20-,21+,25-,26+/m1/s1. The van der Waals surface area contributed by atoms with Crippen LogP contribution < -0.4 is 10.2 Å². The molecule has 0 spiro atoms. The molecule has 6 rings (SSSR count). The van der Waals surface area contributed by atoms with Crippen molar-refractivity contribution in [3.63, 3.8) is 0 Å². The van der Waals surface area contributed by atoms with E-state index in [9.17, 15) is 27.6 Å². The highest BCUT2D eigenvalue weighted by atomic mass is 19.4. The number of H-pyrrole nitrogens is 1. The molecule has 2 bridgehead atoms. The van der Waals surface area contributed by atoms with Gasteiger partial charge in [0.25, 0.3) is 5.91 Å². The molecule has 3 amide bonds. The summed E-state index contributed by atoms with van der Waals surface area (Å²) in [5, 5.41) is 3.74. The van der Waals surface area contributed by atoms with Gasteiger partial charge < -0.3 is 15.0 Å². The second kappa shape index (κ2) is 7.44. The number of carbonyl (C=O) groups is 3. The van der Waals surface area contributed by atoms with Crippen LogP contribution >= 0.6 is 0 Å². The largest absolute Gasteiger partial charge is 0.416 e. The lowest BCUT2D eigenvalue weighted by molar-refractivity contribution is -0.138. The van der Waals surface area contributed by atoms with Gasteiger partial charge in [-0.05, 0) is 44.5 Å². The zero-order chi connectivity index (χ0) is 26.5. The number of amides is 3. The topological polar surface area (TPSA) is 91.5 Å². The molecule has 0 radical (unpaired) electrons. The summed E-state index contributed by atoms with van der Waals surface area (Å²) in [5.74, 6) is -3.35. The number of nitrogens with zero attached hydrogens (tertiary/aromatic N) is 1. The Morgan fingerprint density at radius 1 is 1.11 bits per heavy atom. The van der Waals surface area contributed by atoms with E-state index in [0.717, 1.165) is 21.9 Å². The van der Waals surface area contributed by atoms with Crippen LogP contribution in [0.2, 0.25) is 0 Å². The van der Waals surface area contributed by atoms with E-state index < -0.39 is 52.6 Å². The maximum Gasteiger partial charge on any atom is 0.416 e. The van der Waals surface area contributed by atoms with Gasteiger partial charge in [0.15, 0.2) is 0 Å². The molecule has 192 valence electrons. The third-order valence-corrected chi connectivity index (χ3v) is 8.26. The molecule has 7 nitrogen and oxygen atoms in total. The Bertz CT molecular complexity index is 1500. The van der Waals surface area contributed by atoms with Crippen LogP contribution in [0.1, 0.15) is 41.8 Å². The average Bonchev–Trinajstić information content (AvgIpc) is 3.50. The van der Waals surface area contributed by atoms with E-state index in [1.807, 2.05) is 24.3 Å². The quantitative estimate of drug-likeness (QED) is 0.512. The first-order valence-electron chi connectivity index (χ1n) is 12.0. The molecule has 3 aliphatic heterocycles. The highest BCUT2D eigenvalue weighted by molar-refractivity contribution is 6.23. The number of hydrogen-bond donors (Lipinski definition) is 2. The molecule has 10 heteroatoms. The molecule has 2 aromatic carbocycles. The van der Waals surface area contributed by atoms with Crippen molar-refractivity contribution >= 4 is 34.3 Å². The van der Waals surface area contributed by atoms with Crippen LogP contribution in [-0.4, -0.2) is 39.9 Å². The van der Waals surface area contributed by atoms with Crippen LogP contribution in [0.25, 0.3) is 10.9 Å². The molecule has 5 atom stereocenters. The Labute approximate surface area is 210 Å². The lowest BCUT2D eigenvalue weighted by Crippen LogP contribution is -2.56. The molecule has 37 heavy (non-hydrogen) atoms. The van der Waals surface area contributed by atoms with Gasteiger partial charge in [0.05, 0.1) is 45.9 Å². The van der Waals surface area contributed by atoms with Gasteiger partial charge in [-0.1, -0.05) is 24.3 Å². The summed E-state index contributed by atoms with van der Waals surface area (Å²) in [6.45, 7) is 4.73. The number of ether oxygens (including phenoxy) is 1. The Balaban J connectivity index is 1.32. The fraction of sp³-hybridized carbons (Fsp3) is 0.370. The van der Waals surface area contributed by atoms with E-state index >= 15 is 0 Å². The fourth-order valence-corrected chi connectivity index (χ4v) is 6.55. The molecular formula is C27H24F3N3O4. The number of aromatic amines is 1. The second-order valence-electron chi connectivity index (χ2n) is 10.5. The molecule has 0 aliphatic carbocycles. The van der Waals surface area contributed by atoms with Crippen molar-refractivity contribution in [1.82, 2.24) is 10.3 Å². The zero-order valence-corrected chi connectivity index (χ0v) is 20.3. The number of para-hydroxylation sites is 1. The van der Waals surface area contributed by atoms with Crippen molar-refractivity contribution in [2.45, 2.75) is 50.6 Å². The van der Waals surface area contributed by atoms with Crippen LogP contribution in [0, 0.1) is 18.8 Å². The Hall–Kier alpha value is -3.66. The van der Waals surface area contributed by atoms with Crippen molar-refractivity contribution in [1.29, 1.82) is 0 Å². The Morgan fingerprint density at radius 2 is 1.81 bits per heavy atom. The second-order valence-corrected chi connectivity index (χ2v) is 10.5. The third kappa shape index (κ3) is 3.21. The van der Waals surface area contributed by atoms with Crippen molar-refractivity contribution in [2.75, 3.05) is 4.90 Å². The number of rotatable bonds is 3. The molecule has 4 heterocycles. The number of hydrogen-bond acceptors (Lipinski definition) is 4. The molecule has 3 saturated heterocycles. The van der Waals surface area contributed by atoms with Crippen molar-refractivity contribution < 1.29 is 32.3 Å². The minimum Gasteiger partial charge on any atom is -0.365 e. The van der Waals surface area contributed by atoms with E-state index in [2.05, 4.69) is 10.3 Å². The number of benzene rings is 2. The minimum absolute atomic E-state index is 0.00192. The first-order chi connectivity index (χ1) is 17.3. The number of carbonyl (C=O) groups excluding carboxylic acids is 3. The fourth-order valence-electron chi connectivity index (χ4n) is 6.55. The van der Waals surface area contributed by atoms with Crippen LogP contribution in [0.5, 0.6) is 0 Å². The highest BCUT2D eigenvalue weighted by Gasteiger charge is 2.76. The zero-order valence-electron chi connectivity index (χ0n) is 20.3. The van der Waals surface area contributed by atoms with Crippen molar-refractivity contribution in [2.24, 2.45) is 11.8 Å². The number of nitrogens with one attached hydrogen (secondary N) is 2. The maximum absolute atomic E-state index is 13.6. The van der Waals surface area contributed by atoms with Crippen molar-refractivity contribution in [3.05, 3.63) is 65.4 Å². The van der Waals surface area contributed by atoms with Crippen LogP contribution in [-0.2, 0) is 20.5 Å². The summed E-state index contributed by atoms with van der Waals surface area (Å²) >= 11 is 0. The predicted octanol–water partition coefficient (Wildman–Crippen LogP) is 4.35. The molecular weight excluding hydrogens is 487 g/mol. The maximum atomic E-state index is 13.6. The lowest BCUT2D eigenvalue weighted by Gasteiger charge is -2.35. The lowest BCUT2D eigenvalue weighted by atomic mass is 9.66. The van der Waals surface area contributed by atoms with Gasteiger partial charge in [0.2, 0.25) is 11.8 Å². The number of alkyl halides is 3. The number of imide groups is 1. The SMILES string of the molecule is Cc1ccc(N2C(=O)[C@@H]3[C@H](C2=O)[C@@]2(C)C[C@@H](NC(=O)c4c[nH]c5ccccc45)[C@]3(C)O2)cc1C(F)(F)F. The van der Waals surface area contributed by atoms with Gasteiger partial charge in [0.1, 0.15) is 0 Å². The first kappa shape index (κ1) is 23.7. The van der Waals surface area contributed by atoms with Gasteiger partial charge >= 0.3 is 6.18 Å². The van der Waals surface area contributed by atoms with Crippen LogP contribution in [0.4, 0.5) is 18.9 Å². The van der Waals surface area contributed by atoms with E-state index in [1.165, 1.54) is 19.1 Å². The summed E-state index contributed by atoms with van der Waals surface area (Å²) in [6, 6.07) is 10.2. The van der Waals surface area contributed by atoms with Gasteiger partial charge in [-0.15, -0.1) is 0 Å². The normalized spacial score (nSPS) is 30.9. The van der Waals surface area contributed by atoms with E-state index in [4.69, 9.17) is 4.74 Å². The van der Waals surface area contributed by atoms with Crippen molar-refractivity contribution in [3.8, 4) is 0 Å². The summed E-state index contributed by atoms with van der Waals surface area (Å²) in [6.07, 6.45) is -2.73. The molecule has 3 fully saturated rings. The van der Waals surface area contributed by atoms with Gasteiger partial charge in [-0.3, -0.25) is 14.4 Å². The molecule has 1 aromatic heterocycles. The number of fused-ring (bicyclic) bond motifs is 6. The molecule has 3 aliphatic rings.